The molecule has 2 aliphatic heterocycles. The molecule has 3 aromatic rings. The lowest BCUT2D eigenvalue weighted by molar-refractivity contribution is 0.0587. The molecule has 0 aliphatic carbocycles. The van der Waals surface area contributed by atoms with E-state index < -0.39 is 12.0 Å². The fraction of sp³-hybridized carbons (Fsp3) is 0.333. The van der Waals surface area contributed by atoms with Gasteiger partial charge >= 0.3 is 0 Å². The van der Waals surface area contributed by atoms with Crippen molar-refractivity contribution in [3.63, 3.8) is 0 Å². The van der Waals surface area contributed by atoms with Crippen LogP contribution in [-0.4, -0.2) is 50.0 Å². The highest BCUT2D eigenvalue weighted by Crippen LogP contribution is 2.48. The quantitative estimate of drug-likeness (QED) is 0.722. The van der Waals surface area contributed by atoms with Gasteiger partial charge < -0.3 is 10.2 Å². The lowest BCUT2D eigenvalue weighted by atomic mass is 9.93. The number of hydrogen-bond acceptors (Lipinski definition) is 6. The van der Waals surface area contributed by atoms with Crippen LogP contribution in [-0.2, 0) is 0 Å². The zero-order valence-electron chi connectivity index (χ0n) is 14.7. The fourth-order valence-corrected chi connectivity index (χ4v) is 4.33. The number of rotatable bonds is 3. The van der Waals surface area contributed by atoms with Crippen molar-refractivity contribution in [2.75, 3.05) is 23.3 Å². The molecule has 1 N–H and O–H groups in total. The second kappa shape index (κ2) is 6.10. The molecule has 5 rings (SSSR count). The molecular formula is C18H16ClF2N7. The summed E-state index contributed by atoms with van der Waals surface area (Å²) in [4.78, 5) is 6.16. The monoisotopic (exact) mass is 403 g/mol. The summed E-state index contributed by atoms with van der Waals surface area (Å²) in [6.07, 6.45) is 2.77. The maximum Gasteiger partial charge on any atom is 0.263 e. The number of pyridine rings is 1. The molecule has 28 heavy (non-hydrogen) atoms. The van der Waals surface area contributed by atoms with Crippen LogP contribution in [0.2, 0.25) is 5.15 Å². The Labute approximate surface area is 164 Å². The molecule has 10 heteroatoms. The van der Waals surface area contributed by atoms with Gasteiger partial charge in [-0.3, -0.25) is 0 Å². The van der Waals surface area contributed by atoms with E-state index in [1.807, 2.05) is 6.07 Å². The van der Waals surface area contributed by atoms with Gasteiger partial charge in [-0.1, -0.05) is 24.3 Å². The van der Waals surface area contributed by atoms with E-state index in [4.69, 9.17) is 11.6 Å². The van der Waals surface area contributed by atoms with Gasteiger partial charge in [0.1, 0.15) is 5.54 Å². The summed E-state index contributed by atoms with van der Waals surface area (Å²) in [5.41, 5.74) is 0.709. The van der Waals surface area contributed by atoms with Crippen molar-refractivity contribution >= 4 is 40.2 Å². The molecule has 1 fully saturated rings. The molecule has 0 radical (unpaired) electrons. The Balaban J connectivity index is 1.59. The van der Waals surface area contributed by atoms with Crippen LogP contribution in [0.5, 0.6) is 0 Å². The number of hydrogen-bond donors (Lipinski definition) is 1. The van der Waals surface area contributed by atoms with Crippen molar-refractivity contribution < 1.29 is 8.78 Å². The molecule has 3 aromatic heterocycles. The van der Waals surface area contributed by atoms with Gasteiger partial charge in [-0.2, -0.15) is 5.10 Å². The Hall–Kier alpha value is -2.81. The van der Waals surface area contributed by atoms with Crippen LogP contribution in [0, 0.1) is 0 Å². The third kappa shape index (κ3) is 2.39. The van der Waals surface area contributed by atoms with Crippen molar-refractivity contribution in [3.8, 4) is 0 Å². The normalized spacial score (nSPS) is 23.6. The molecule has 2 aliphatic rings. The predicted octanol–water partition coefficient (Wildman–Crippen LogP) is 3.40. The van der Waals surface area contributed by atoms with E-state index in [0.717, 1.165) is 10.9 Å². The van der Waals surface area contributed by atoms with Gasteiger partial charge in [-0.25, -0.2) is 18.4 Å². The van der Waals surface area contributed by atoms with Gasteiger partial charge in [-0.15, -0.1) is 10.2 Å². The summed E-state index contributed by atoms with van der Waals surface area (Å²) in [6.45, 7) is 4.16. The minimum atomic E-state index is -2.56. The molecule has 0 aromatic carbocycles. The number of alkyl halides is 2. The number of halogens is 3. The standard InChI is InChI=1S/C18H16ClF2N7/c1-2-10-3-11-7-24-28(16(11)22-6-10)12-5-18(17(20)21)9-23-15-13(27(18)8-12)4-14(19)25-26-15/h2-4,6-7,12,17H,1,5,8-9H2,(H,23,26)/t12-,18-/m1/s1. The smallest absolute Gasteiger partial charge is 0.263 e. The Kier molecular flexibility index (Phi) is 3.77. The van der Waals surface area contributed by atoms with Gasteiger partial charge in [0.15, 0.2) is 16.6 Å². The van der Waals surface area contributed by atoms with Gasteiger partial charge in [-0.05, 0) is 11.6 Å². The molecule has 0 bridgehead atoms. The molecule has 0 saturated carbocycles. The van der Waals surface area contributed by atoms with Crippen molar-refractivity contribution in [3.05, 3.63) is 41.8 Å². The van der Waals surface area contributed by atoms with E-state index in [2.05, 4.69) is 32.2 Å². The first-order valence-electron chi connectivity index (χ1n) is 8.80. The lowest BCUT2D eigenvalue weighted by Crippen LogP contribution is -2.57. The zero-order valence-corrected chi connectivity index (χ0v) is 15.4. The summed E-state index contributed by atoms with van der Waals surface area (Å²) in [5.74, 6) is 0.459. The third-order valence-corrected chi connectivity index (χ3v) is 5.74. The van der Waals surface area contributed by atoms with E-state index in [1.165, 1.54) is 0 Å². The number of aromatic nitrogens is 5. The van der Waals surface area contributed by atoms with Crippen molar-refractivity contribution in [1.82, 2.24) is 25.0 Å². The molecule has 0 spiro atoms. The molecule has 0 amide bonds. The second-order valence-electron chi connectivity index (χ2n) is 7.10. The molecule has 2 atom stereocenters. The summed E-state index contributed by atoms with van der Waals surface area (Å²) < 4.78 is 30.3. The summed E-state index contributed by atoms with van der Waals surface area (Å²) in [6, 6.07) is 3.23. The average molecular weight is 404 g/mol. The van der Waals surface area contributed by atoms with Gasteiger partial charge in [0.05, 0.1) is 17.9 Å². The highest BCUT2D eigenvalue weighted by atomic mass is 35.5. The summed E-state index contributed by atoms with van der Waals surface area (Å²) >= 11 is 5.98. The molecule has 7 nitrogen and oxygen atoms in total. The Bertz CT molecular complexity index is 1080. The first-order valence-corrected chi connectivity index (χ1v) is 9.18. The number of nitrogens with one attached hydrogen (secondary N) is 1. The van der Waals surface area contributed by atoms with E-state index in [9.17, 15) is 8.78 Å². The maximum atomic E-state index is 14.3. The van der Waals surface area contributed by atoms with Crippen LogP contribution >= 0.6 is 11.6 Å². The van der Waals surface area contributed by atoms with Crippen molar-refractivity contribution in [2.45, 2.75) is 24.4 Å². The van der Waals surface area contributed by atoms with E-state index in [1.54, 1.807) is 34.1 Å². The van der Waals surface area contributed by atoms with Crippen LogP contribution in [0.3, 0.4) is 0 Å². The number of anilines is 2. The van der Waals surface area contributed by atoms with Crippen LogP contribution in [0.4, 0.5) is 20.3 Å². The van der Waals surface area contributed by atoms with Crippen molar-refractivity contribution in [1.29, 1.82) is 0 Å². The minimum Gasteiger partial charge on any atom is -0.364 e. The Morgan fingerprint density at radius 2 is 2.18 bits per heavy atom. The van der Waals surface area contributed by atoms with E-state index >= 15 is 0 Å². The maximum absolute atomic E-state index is 14.3. The van der Waals surface area contributed by atoms with Crippen LogP contribution in [0.1, 0.15) is 18.0 Å². The van der Waals surface area contributed by atoms with E-state index in [0.29, 0.717) is 23.7 Å². The largest absolute Gasteiger partial charge is 0.364 e. The Morgan fingerprint density at radius 1 is 1.32 bits per heavy atom. The molecular weight excluding hydrogens is 388 g/mol. The number of nitrogens with zero attached hydrogens (tertiary/aromatic N) is 6. The topological polar surface area (TPSA) is 71.8 Å². The first kappa shape index (κ1) is 17.3. The van der Waals surface area contributed by atoms with Crippen LogP contribution in [0.15, 0.2) is 31.1 Å². The summed E-state index contributed by atoms with van der Waals surface area (Å²) in [7, 11) is 0. The van der Waals surface area contributed by atoms with Gasteiger partial charge in [0, 0.05) is 37.2 Å². The predicted molar refractivity (Wildman–Crippen MR) is 103 cm³/mol. The third-order valence-electron chi connectivity index (χ3n) is 5.56. The highest BCUT2D eigenvalue weighted by Gasteiger charge is 2.55. The SMILES string of the molecule is C=Cc1cnc2c(cnn2[C@H]2CN3c4cc(Cl)nnc4NC[C@@]3(C(F)F)C2)c1. The Morgan fingerprint density at radius 3 is 2.96 bits per heavy atom. The van der Waals surface area contributed by atoms with Crippen LogP contribution in [0.25, 0.3) is 17.1 Å². The summed E-state index contributed by atoms with van der Waals surface area (Å²) in [5, 5.41) is 16.3. The average Bonchev–Trinajstić information content (AvgIpc) is 3.29. The molecule has 0 unspecified atom stereocenters. The molecule has 5 heterocycles. The fourth-order valence-electron chi connectivity index (χ4n) is 4.19. The number of fused-ring (bicyclic) bond motifs is 4. The second-order valence-corrected chi connectivity index (χ2v) is 7.49. The first-order chi connectivity index (χ1) is 13.5. The van der Waals surface area contributed by atoms with Crippen molar-refractivity contribution in [2.24, 2.45) is 0 Å². The molecule has 144 valence electrons. The minimum absolute atomic E-state index is 0.0672. The molecule has 1 saturated heterocycles. The van der Waals surface area contributed by atoms with Gasteiger partial charge in [0.2, 0.25) is 0 Å². The lowest BCUT2D eigenvalue weighted by Gasteiger charge is -2.43. The highest BCUT2D eigenvalue weighted by molar-refractivity contribution is 6.29. The zero-order chi connectivity index (χ0) is 19.5. The van der Waals surface area contributed by atoms with Crippen LogP contribution < -0.4 is 10.2 Å². The van der Waals surface area contributed by atoms with E-state index in [-0.39, 0.29) is 24.2 Å². The van der Waals surface area contributed by atoms with Gasteiger partial charge in [0.25, 0.3) is 6.43 Å².